The van der Waals surface area contributed by atoms with E-state index in [1.807, 2.05) is 54.3 Å². The first-order valence-corrected chi connectivity index (χ1v) is 12.4. The summed E-state index contributed by atoms with van der Waals surface area (Å²) in [5.41, 5.74) is 2.79. The molecule has 3 aromatic rings. The zero-order chi connectivity index (χ0) is 22.1. The van der Waals surface area contributed by atoms with Crippen molar-refractivity contribution >= 4 is 33.4 Å². The summed E-state index contributed by atoms with van der Waals surface area (Å²) >= 11 is 1.72. The molecule has 2 fully saturated rings. The Bertz CT molecular complexity index is 1100. The number of aromatic nitrogens is 1. The highest BCUT2D eigenvalue weighted by Crippen LogP contribution is 2.37. The van der Waals surface area contributed by atoms with Gasteiger partial charge in [0, 0.05) is 31.1 Å². The van der Waals surface area contributed by atoms with E-state index in [1.165, 1.54) is 4.70 Å². The summed E-state index contributed by atoms with van der Waals surface area (Å²) in [5, 5.41) is 1.06. The van der Waals surface area contributed by atoms with Gasteiger partial charge in [-0.05, 0) is 62.8 Å². The third-order valence-corrected chi connectivity index (χ3v) is 8.03. The van der Waals surface area contributed by atoms with E-state index in [0.29, 0.717) is 13.1 Å². The maximum atomic E-state index is 13.6. The van der Waals surface area contributed by atoms with E-state index in [9.17, 15) is 9.59 Å². The van der Waals surface area contributed by atoms with E-state index in [1.54, 1.807) is 11.3 Å². The fourth-order valence-electron chi connectivity index (χ4n) is 5.03. The Kier molecular flexibility index (Phi) is 5.96. The highest BCUT2D eigenvalue weighted by Gasteiger charge is 2.36. The quantitative estimate of drug-likeness (QED) is 0.554. The molecule has 0 N–H and O–H groups in total. The Hall–Kier alpha value is -2.73. The summed E-state index contributed by atoms with van der Waals surface area (Å²) in [6, 6.07) is 16.0. The molecule has 0 spiro atoms. The van der Waals surface area contributed by atoms with Crippen LogP contribution in [0.4, 0.5) is 0 Å². The first-order valence-electron chi connectivity index (χ1n) is 11.6. The van der Waals surface area contributed by atoms with Crippen LogP contribution in [0.25, 0.3) is 10.2 Å². The zero-order valence-corrected chi connectivity index (χ0v) is 19.3. The highest BCUT2D eigenvalue weighted by atomic mass is 32.1. The first kappa shape index (κ1) is 21.1. The van der Waals surface area contributed by atoms with Crippen molar-refractivity contribution in [1.29, 1.82) is 0 Å². The van der Waals surface area contributed by atoms with Gasteiger partial charge in [0.15, 0.2) is 0 Å². The van der Waals surface area contributed by atoms with Crippen molar-refractivity contribution in [3.8, 4) is 0 Å². The molecule has 0 radical (unpaired) electrons. The largest absolute Gasteiger partial charge is 0.339 e. The fraction of sp³-hybridized carbons (Fsp3) is 0.423. The number of benzene rings is 2. The van der Waals surface area contributed by atoms with E-state index in [0.717, 1.165) is 60.3 Å². The van der Waals surface area contributed by atoms with Gasteiger partial charge >= 0.3 is 0 Å². The summed E-state index contributed by atoms with van der Waals surface area (Å²) in [5.74, 6) is 0.321. The third-order valence-electron chi connectivity index (χ3n) is 6.89. The monoisotopic (exact) mass is 447 g/mol. The number of rotatable bonds is 3. The van der Waals surface area contributed by atoms with Crippen molar-refractivity contribution in [1.82, 2.24) is 14.8 Å². The summed E-state index contributed by atoms with van der Waals surface area (Å²) in [6.07, 6.45) is 4.64. The summed E-state index contributed by atoms with van der Waals surface area (Å²) in [6.45, 7) is 4.07. The normalized spacial score (nSPS) is 20.0. The molecule has 1 unspecified atom stereocenters. The summed E-state index contributed by atoms with van der Waals surface area (Å²) in [7, 11) is 0. The minimum absolute atomic E-state index is 0.00843. The van der Waals surface area contributed by atoms with Crippen LogP contribution in [-0.2, 0) is 4.79 Å². The molecule has 2 aromatic carbocycles. The fourth-order valence-corrected chi connectivity index (χ4v) is 6.15. The van der Waals surface area contributed by atoms with Crippen LogP contribution in [0.5, 0.6) is 0 Å². The van der Waals surface area contributed by atoms with Crippen LogP contribution in [-0.4, -0.2) is 46.2 Å². The molecule has 166 valence electrons. The molecule has 0 saturated carbocycles. The molecule has 2 aliphatic heterocycles. The van der Waals surface area contributed by atoms with Crippen molar-refractivity contribution in [2.45, 2.75) is 45.1 Å². The van der Waals surface area contributed by atoms with Gasteiger partial charge in [0.25, 0.3) is 5.91 Å². The molecule has 1 aromatic heterocycles. The maximum Gasteiger partial charge on any atom is 0.254 e. The Balaban J connectivity index is 1.27. The van der Waals surface area contributed by atoms with Gasteiger partial charge in [0.2, 0.25) is 5.91 Å². The Labute approximate surface area is 193 Å². The van der Waals surface area contributed by atoms with Gasteiger partial charge in [0.05, 0.1) is 16.3 Å². The number of carbonyl (C=O) groups is 2. The van der Waals surface area contributed by atoms with Crippen molar-refractivity contribution in [3.05, 3.63) is 64.7 Å². The van der Waals surface area contributed by atoms with Gasteiger partial charge in [-0.1, -0.05) is 30.3 Å². The van der Waals surface area contributed by atoms with E-state index >= 15 is 0 Å². The molecule has 3 heterocycles. The number of nitrogens with zero attached hydrogens (tertiary/aromatic N) is 3. The molecule has 2 saturated heterocycles. The molecule has 2 amide bonds. The van der Waals surface area contributed by atoms with E-state index in [2.05, 4.69) is 11.0 Å². The first-order chi connectivity index (χ1) is 15.6. The number of thiazole rings is 1. The van der Waals surface area contributed by atoms with Gasteiger partial charge in [-0.25, -0.2) is 4.98 Å². The topological polar surface area (TPSA) is 53.5 Å². The van der Waals surface area contributed by atoms with Crippen LogP contribution < -0.4 is 0 Å². The Morgan fingerprint density at radius 3 is 2.47 bits per heavy atom. The Morgan fingerprint density at radius 2 is 1.69 bits per heavy atom. The predicted molar refractivity (Wildman–Crippen MR) is 128 cm³/mol. The van der Waals surface area contributed by atoms with Crippen LogP contribution in [0.1, 0.15) is 59.1 Å². The second-order valence-corrected chi connectivity index (χ2v) is 10.0. The maximum absolute atomic E-state index is 13.6. The third kappa shape index (κ3) is 4.04. The Morgan fingerprint density at radius 1 is 0.938 bits per heavy atom. The molecule has 2 aliphatic rings. The number of para-hydroxylation sites is 1. The van der Waals surface area contributed by atoms with Crippen molar-refractivity contribution in [2.75, 3.05) is 19.6 Å². The van der Waals surface area contributed by atoms with E-state index in [-0.39, 0.29) is 23.8 Å². The van der Waals surface area contributed by atoms with Crippen LogP contribution in [0.15, 0.2) is 48.5 Å². The molecular formula is C26H29N3O2S. The number of aryl methyl sites for hydroxylation is 1. The number of fused-ring (bicyclic) bond motifs is 1. The lowest BCUT2D eigenvalue weighted by atomic mass is 9.92. The number of hydrogen-bond acceptors (Lipinski definition) is 4. The number of likely N-dealkylation sites (tertiary alicyclic amines) is 2. The molecule has 0 aliphatic carbocycles. The van der Waals surface area contributed by atoms with Gasteiger partial charge in [0.1, 0.15) is 5.01 Å². The average Bonchev–Trinajstić information content (AvgIpc) is 3.28. The number of carbonyl (C=O) groups excluding carboxylic acids is 2. The molecule has 5 rings (SSSR count). The van der Waals surface area contributed by atoms with Crippen molar-refractivity contribution in [2.24, 2.45) is 5.92 Å². The van der Waals surface area contributed by atoms with Crippen LogP contribution >= 0.6 is 11.3 Å². The van der Waals surface area contributed by atoms with Crippen LogP contribution in [0, 0.1) is 12.8 Å². The van der Waals surface area contributed by atoms with Gasteiger partial charge in [-0.3, -0.25) is 9.59 Å². The van der Waals surface area contributed by atoms with E-state index in [4.69, 9.17) is 4.98 Å². The number of piperidine rings is 2. The highest BCUT2D eigenvalue weighted by molar-refractivity contribution is 7.18. The minimum atomic E-state index is -0.00843. The van der Waals surface area contributed by atoms with Crippen LogP contribution in [0.3, 0.4) is 0 Å². The second kappa shape index (κ2) is 9.02. The van der Waals surface area contributed by atoms with Gasteiger partial charge in [-0.15, -0.1) is 11.3 Å². The summed E-state index contributed by atoms with van der Waals surface area (Å²) < 4.78 is 1.18. The predicted octanol–water partition coefficient (Wildman–Crippen LogP) is 5.21. The number of hydrogen-bond donors (Lipinski definition) is 0. The lowest BCUT2D eigenvalue weighted by Gasteiger charge is -2.39. The van der Waals surface area contributed by atoms with Crippen molar-refractivity contribution in [3.63, 3.8) is 0 Å². The van der Waals surface area contributed by atoms with Gasteiger partial charge < -0.3 is 9.80 Å². The molecular weight excluding hydrogens is 418 g/mol. The van der Waals surface area contributed by atoms with Crippen molar-refractivity contribution < 1.29 is 9.59 Å². The molecule has 32 heavy (non-hydrogen) atoms. The minimum Gasteiger partial charge on any atom is -0.339 e. The molecule has 1 atom stereocenters. The number of amides is 2. The second-order valence-electron chi connectivity index (χ2n) is 8.94. The lowest BCUT2D eigenvalue weighted by Crippen LogP contribution is -2.46. The van der Waals surface area contributed by atoms with Gasteiger partial charge in [-0.2, -0.15) is 0 Å². The average molecular weight is 448 g/mol. The molecule has 5 nitrogen and oxygen atoms in total. The standard InChI is InChI=1S/C26H29N3O2S/c1-18-8-2-3-9-20(18)26(31)28-16-13-19(14-17-28)25(30)29-15-7-6-11-22(29)24-27-21-10-4-5-12-23(21)32-24/h2-5,8-10,12,19,22H,6-7,11,13-17H2,1H3. The SMILES string of the molecule is Cc1ccccc1C(=O)N1CCC(C(=O)N2CCCCC2c2nc3ccccc3s2)CC1. The molecule has 6 heteroatoms. The summed E-state index contributed by atoms with van der Waals surface area (Å²) in [4.78, 5) is 35.4. The van der Waals surface area contributed by atoms with E-state index < -0.39 is 0 Å². The smallest absolute Gasteiger partial charge is 0.254 e. The lowest BCUT2D eigenvalue weighted by molar-refractivity contribution is -0.141. The van der Waals surface area contributed by atoms with Crippen LogP contribution in [0.2, 0.25) is 0 Å². The molecule has 0 bridgehead atoms. The zero-order valence-electron chi connectivity index (χ0n) is 18.5.